The Kier molecular flexibility index (Phi) is 8.85. The quantitative estimate of drug-likeness (QED) is 0.140. The lowest BCUT2D eigenvalue weighted by atomic mass is 9.32. The third-order valence-electron chi connectivity index (χ3n) is 15.6. The van der Waals surface area contributed by atoms with Gasteiger partial charge >= 0.3 is 29.8 Å². The summed E-state index contributed by atoms with van der Waals surface area (Å²) in [7, 11) is 1.20. The van der Waals surface area contributed by atoms with Gasteiger partial charge < -0.3 is 57.6 Å². The molecule has 324 valence electrons. The van der Waals surface area contributed by atoms with Gasteiger partial charge in [-0.2, -0.15) is 0 Å². The number of esters is 5. The second-order valence-electron chi connectivity index (χ2n) is 18.8. The van der Waals surface area contributed by atoms with Crippen LogP contribution in [0.1, 0.15) is 100 Å². The van der Waals surface area contributed by atoms with Gasteiger partial charge in [-0.3, -0.25) is 19.2 Å². The summed E-state index contributed by atoms with van der Waals surface area (Å²) >= 11 is 0. The maximum atomic E-state index is 14.8. The lowest BCUT2D eigenvalue weighted by molar-refractivity contribution is -0.491. The lowest BCUT2D eigenvalue weighted by Gasteiger charge is -2.78. The maximum Gasteiger partial charge on any atom is 0.338 e. The minimum absolute atomic E-state index is 0.155. The van der Waals surface area contributed by atoms with E-state index in [2.05, 4.69) is 0 Å². The molecule has 7 fully saturated rings. The molecular weight excluding hydrogens is 776 g/mol. The number of hydrogen-bond donors (Lipinski definition) is 3. The number of allylic oxidation sites excluding steroid dienone is 1. The molecule has 59 heavy (non-hydrogen) atoms. The molecule has 8 rings (SSSR count). The second-order valence-corrected chi connectivity index (χ2v) is 18.8. The van der Waals surface area contributed by atoms with Gasteiger partial charge in [0.2, 0.25) is 0 Å². The topological polar surface area (TPSA) is 233 Å². The van der Waals surface area contributed by atoms with Crippen molar-refractivity contribution in [3.05, 3.63) is 35.5 Å². The van der Waals surface area contributed by atoms with Crippen LogP contribution < -0.4 is 0 Å². The van der Waals surface area contributed by atoms with Gasteiger partial charge in [-0.15, -0.1) is 0 Å². The van der Waals surface area contributed by atoms with Gasteiger partial charge in [0, 0.05) is 55.4 Å². The summed E-state index contributed by atoms with van der Waals surface area (Å²) in [6, 6.07) is 1.51. The first-order chi connectivity index (χ1) is 27.4. The van der Waals surface area contributed by atoms with Gasteiger partial charge in [0.15, 0.2) is 17.3 Å². The minimum Gasteiger partial charge on any atom is -0.511 e. The fraction of sp³-hybridized carbons (Fsp3) is 0.738. The van der Waals surface area contributed by atoms with Crippen molar-refractivity contribution in [3.8, 4) is 0 Å². The first-order valence-corrected chi connectivity index (χ1v) is 20.2. The van der Waals surface area contributed by atoms with Crippen molar-refractivity contribution in [3.63, 3.8) is 0 Å². The maximum absolute atomic E-state index is 14.8. The van der Waals surface area contributed by atoms with Crippen molar-refractivity contribution >= 4 is 29.8 Å². The highest BCUT2D eigenvalue weighted by Crippen LogP contribution is 2.90. The van der Waals surface area contributed by atoms with E-state index in [0.29, 0.717) is 6.42 Å². The first-order valence-electron chi connectivity index (χ1n) is 20.2. The number of cyclic esters (lactones) is 1. The Bertz CT molecular complexity index is 2050. The van der Waals surface area contributed by atoms with Crippen molar-refractivity contribution in [1.82, 2.24) is 0 Å². The summed E-state index contributed by atoms with van der Waals surface area (Å²) < 4.78 is 57.1. The minimum atomic E-state index is -2.59. The number of aliphatic hydroxyl groups is 3. The molecule has 0 amide bonds. The Balaban J connectivity index is 1.58. The van der Waals surface area contributed by atoms with Crippen LogP contribution in [0.2, 0.25) is 0 Å². The number of rotatable bonds is 9. The summed E-state index contributed by atoms with van der Waals surface area (Å²) in [5, 5.41) is 40.0. The number of hydrogen-bond acceptors (Lipinski definition) is 17. The van der Waals surface area contributed by atoms with Gasteiger partial charge in [-0.25, -0.2) is 4.79 Å². The molecule has 4 bridgehead atoms. The molecule has 7 aliphatic rings. The molecule has 17 nitrogen and oxygen atoms in total. The third-order valence-corrected chi connectivity index (χ3v) is 15.6. The fourth-order valence-corrected chi connectivity index (χ4v) is 13.6. The van der Waals surface area contributed by atoms with Crippen LogP contribution in [0, 0.1) is 39.9 Å². The van der Waals surface area contributed by atoms with Gasteiger partial charge in [0.25, 0.3) is 5.97 Å². The largest absolute Gasteiger partial charge is 0.511 e. The van der Waals surface area contributed by atoms with Gasteiger partial charge in [-0.05, 0) is 24.8 Å². The number of methoxy groups -OCH3 is 1. The van der Waals surface area contributed by atoms with Crippen molar-refractivity contribution in [2.75, 3.05) is 7.11 Å². The Morgan fingerprint density at radius 2 is 1.63 bits per heavy atom. The predicted octanol–water partition coefficient (Wildman–Crippen LogP) is 3.48. The molecule has 2 spiro atoms. The van der Waals surface area contributed by atoms with Crippen LogP contribution in [0.25, 0.3) is 0 Å². The van der Waals surface area contributed by atoms with E-state index in [9.17, 15) is 39.3 Å². The number of furan rings is 1. The third kappa shape index (κ3) is 4.45. The van der Waals surface area contributed by atoms with Crippen LogP contribution in [0.4, 0.5) is 0 Å². The van der Waals surface area contributed by atoms with Crippen molar-refractivity contribution in [2.24, 2.45) is 39.9 Å². The van der Waals surface area contributed by atoms with E-state index < -0.39 is 146 Å². The molecule has 0 aromatic carbocycles. The smallest absolute Gasteiger partial charge is 0.338 e. The number of carbonyl (C=O) groups excluding carboxylic acids is 5. The normalized spacial score (nSPS) is 48.4. The highest BCUT2D eigenvalue weighted by Gasteiger charge is 3.06. The highest BCUT2D eigenvalue weighted by atomic mass is 16.9. The standard InChI is InChI=1S/C42H54O17/c1-12-19(4)31(48)56-33-35(7)17-39-37(9,23(35)15-24(45)51-11)42-28(47)30(53-20(5)43)36(8)27(25(26(46)18(2)3)32(49)55-29(36)22-13-14-52-16-22)41(42,58-38(10,57-39)59-42)34(40(33,39)50)54-21(6)44/h13-14,16,18-19,23,27-30,33-34,46-47,50H,12,15,17H2,1-11H3/b26-25-/t19?,23-,27+,28?,29-,30?,33-,34+,35+,36+,37+,38+,39+,40-,41+,42-/m0/s1. The van der Waals surface area contributed by atoms with Crippen molar-refractivity contribution in [2.45, 2.75) is 147 Å². The molecule has 16 atom stereocenters. The summed E-state index contributed by atoms with van der Waals surface area (Å²) in [5.41, 5.74) is -14.8. The molecule has 4 heterocycles. The van der Waals surface area contributed by atoms with Crippen LogP contribution in [0.3, 0.4) is 0 Å². The highest BCUT2D eigenvalue weighted by molar-refractivity contribution is 5.92. The molecular formula is C42H54O17. The Morgan fingerprint density at radius 3 is 2.19 bits per heavy atom. The summed E-state index contributed by atoms with van der Waals surface area (Å²) in [5.74, 6) is -11.2. The van der Waals surface area contributed by atoms with Crippen LogP contribution in [-0.4, -0.2) is 105 Å². The van der Waals surface area contributed by atoms with Crippen LogP contribution in [-0.2, 0) is 61.9 Å². The molecule has 3 saturated heterocycles. The van der Waals surface area contributed by atoms with E-state index >= 15 is 0 Å². The molecule has 3 unspecified atom stereocenters. The fourth-order valence-electron chi connectivity index (χ4n) is 13.6. The zero-order valence-electron chi connectivity index (χ0n) is 35.1. The number of aliphatic hydroxyl groups excluding tert-OH is 2. The van der Waals surface area contributed by atoms with Crippen LogP contribution in [0.5, 0.6) is 0 Å². The van der Waals surface area contributed by atoms with E-state index in [1.54, 1.807) is 48.5 Å². The Hall–Kier alpha value is -4.03. The van der Waals surface area contributed by atoms with E-state index in [4.69, 9.17) is 42.3 Å². The zero-order valence-corrected chi connectivity index (χ0v) is 35.1. The van der Waals surface area contributed by atoms with E-state index in [1.807, 2.05) is 0 Å². The number of ether oxygens (including phenoxy) is 8. The molecule has 3 aliphatic heterocycles. The van der Waals surface area contributed by atoms with Crippen LogP contribution in [0.15, 0.2) is 34.3 Å². The van der Waals surface area contributed by atoms with Crippen molar-refractivity contribution < 1.29 is 81.6 Å². The summed E-state index contributed by atoms with van der Waals surface area (Å²) in [6.07, 6.45) is -6.31. The van der Waals surface area contributed by atoms with E-state index in [0.717, 1.165) is 13.8 Å². The zero-order chi connectivity index (χ0) is 43.4. The Labute approximate surface area is 340 Å². The van der Waals surface area contributed by atoms with Crippen LogP contribution >= 0.6 is 0 Å². The SMILES string of the molecule is CCC(C)C(=O)O[C@H]1[C@]2(C)C[C@@]34O[C@]5(C)O[C@]6([C@@H]7/C(=C(/O)C(C)C)C(=O)O[C@@H](c8ccoc8)[C@]7(C)C(OC(C)=O)C(O)[C@]6(O5)[C@]3(C)[C@H]2CC(=O)OC)[C@H](OC(C)=O)[C@@]14O. The number of carbonyl (C=O) groups is 5. The molecule has 3 N–H and O–H groups in total. The van der Waals surface area contributed by atoms with Crippen molar-refractivity contribution in [1.29, 1.82) is 0 Å². The average molecular weight is 831 g/mol. The summed E-state index contributed by atoms with van der Waals surface area (Å²) in [4.78, 5) is 69.6. The van der Waals surface area contributed by atoms with E-state index in [-0.39, 0.29) is 12.0 Å². The molecule has 17 heteroatoms. The molecule has 4 saturated carbocycles. The van der Waals surface area contributed by atoms with Gasteiger partial charge in [0.05, 0.1) is 36.5 Å². The molecule has 1 aromatic rings. The predicted molar refractivity (Wildman–Crippen MR) is 196 cm³/mol. The van der Waals surface area contributed by atoms with E-state index in [1.165, 1.54) is 32.6 Å². The number of fused-ring (bicyclic) bond motifs is 3. The molecule has 1 aromatic heterocycles. The average Bonchev–Trinajstić information content (AvgIpc) is 3.86. The van der Waals surface area contributed by atoms with Gasteiger partial charge in [-0.1, -0.05) is 48.5 Å². The lowest BCUT2D eigenvalue weighted by Crippen LogP contribution is -2.97. The molecule has 0 radical (unpaired) electrons. The monoisotopic (exact) mass is 830 g/mol. The molecule has 4 aliphatic carbocycles. The second kappa shape index (κ2) is 12.5. The van der Waals surface area contributed by atoms with Gasteiger partial charge in [0.1, 0.15) is 41.4 Å². The Morgan fingerprint density at radius 1 is 0.966 bits per heavy atom. The first kappa shape index (κ1) is 41.7. The summed E-state index contributed by atoms with van der Waals surface area (Å²) in [6.45, 7) is 15.2.